The summed E-state index contributed by atoms with van der Waals surface area (Å²) >= 11 is 3.45. The molecule has 0 aliphatic carbocycles. The number of nitrogens with one attached hydrogen (secondary N) is 1. The fourth-order valence-corrected chi connectivity index (χ4v) is 2.47. The molecule has 0 aliphatic rings. The van der Waals surface area contributed by atoms with E-state index in [9.17, 15) is 4.79 Å². The lowest BCUT2D eigenvalue weighted by molar-refractivity contribution is -0.120. The molecule has 1 amide bonds. The van der Waals surface area contributed by atoms with E-state index in [0.717, 1.165) is 15.8 Å². The van der Waals surface area contributed by atoms with Crippen molar-refractivity contribution in [2.24, 2.45) is 0 Å². The van der Waals surface area contributed by atoms with Crippen LogP contribution in [0.5, 0.6) is 5.75 Å². The minimum absolute atomic E-state index is 0.00409. The number of carbonyl (C=O) groups is 1. The molecule has 22 heavy (non-hydrogen) atoms. The fraction of sp³-hybridized carbons (Fsp3) is 0.278. The number of aryl methyl sites for hydroxylation is 2. The van der Waals surface area contributed by atoms with Crippen molar-refractivity contribution in [1.29, 1.82) is 0 Å². The molecule has 0 aromatic heterocycles. The summed E-state index contributed by atoms with van der Waals surface area (Å²) in [4.78, 5) is 11.9. The molecular formula is C18H20BrNO2. The van der Waals surface area contributed by atoms with Crippen molar-refractivity contribution in [1.82, 2.24) is 5.32 Å². The normalized spacial score (nSPS) is 10.3. The SMILES string of the molecule is Cc1ccc(OCCNC(=O)Cc2ccccc2Br)cc1C. The topological polar surface area (TPSA) is 38.3 Å². The van der Waals surface area contributed by atoms with E-state index in [2.05, 4.69) is 35.1 Å². The summed E-state index contributed by atoms with van der Waals surface area (Å²) in [6.07, 6.45) is 0.366. The zero-order valence-corrected chi connectivity index (χ0v) is 14.4. The third-order valence-corrected chi connectivity index (χ3v) is 4.25. The molecule has 2 aromatic rings. The van der Waals surface area contributed by atoms with Gasteiger partial charge in [0.05, 0.1) is 13.0 Å². The van der Waals surface area contributed by atoms with Gasteiger partial charge in [-0.25, -0.2) is 0 Å². The summed E-state index contributed by atoms with van der Waals surface area (Å²) in [5.74, 6) is 0.832. The number of hydrogen-bond acceptors (Lipinski definition) is 2. The minimum Gasteiger partial charge on any atom is -0.492 e. The first-order valence-electron chi connectivity index (χ1n) is 7.26. The molecule has 4 heteroatoms. The number of ether oxygens (including phenoxy) is 1. The van der Waals surface area contributed by atoms with Crippen LogP contribution >= 0.6 is 15.9 Å². The van der Waals surface area contributed by atoms with Crippen LogP contribution in [0, 0.1) is 13.8 Å². The molecule has 0 bridgehead atoms. The van der Waals surface area contributed by atoms with Gasteiger partial charge in [-0.15, -0.1) is 0 Å². The van der Waals surface area contributed by atoms with Gasteiger partial charge in [-0.2, -0.15) is 0 Å². The summed E-state index contributed by atoms with van der Waals surface area (Å²) in [6, 6.07) is 13.7. The molecule has 3 nitrogen and oxygen atoms in total. The lowest BCUT2D eigenvalue weighted by Crippen LogP contribution is -2.29. The Hall–Kier alpha value is -1.81. The van der Waals surface area contributed by atoms with Gasteiger partial charge in [0.1, 0.15) is 12.4 Å². The summed E-state index contributed by atoms with van der Waals surface area (Å²) in [5.41, 5.74) is 3.43. The van der Waals surface area contributed by atoms with Crippen molar-refractivity contribution in [3.05, 3.63) is 63.6 Å². The van der Waals surface area contributed by atoms with Crippen molar-refractivity contribution < 1.29 is 9.53 Å². The molecule has 2 aromatic carbocycles. The highest BCUT2D eigenvalue weighted by Gasteiger charge is 2.05. The fourth-order valence-electron chi connectivity index (χ4n) is 2.04. The summed E-state index contributed by atoms with van der Waals surface area (Å²) in [7, 11) is 0. The maximum absolute atomic E-state index is 11.9. The molecular weight excluding hydrogens is 342 g/mol. The van der Waals surface area contributed by atoms with Crippen LogP contribution in [0.25, 0.3) is 0 Å². The molecule has 0 spiro atoms. The molecule has 0 saturated carbocycles. The Bertz CT molecular complexity index is 655. The Balaban J connectivity index is 1.73. The first-order chi connectivity index (χ1) is 10.6. The Morgan fingerprint density at radius 1 is 1.14 bits per heavy atom. The standard InChI is InChI=1S/C18H20BrNO2/c1-13-7-8-16(11-14(13)2)22-10-9-20-18(21)12-15-5-3-4-6-17(15)19/h3-8,11H,9-10,12H2,1-2H3,(H,20,21). The van der Waals surface area contributed by atoms with Crippen LogP contribution in [-0.2, 0) is 11.2 Å². The van der Waals surface area contributed by atoms with E-state index in [-0.39, 0.29) is 5.91 Å². The van der Waals surface area contributed by atoms with Crippen LogP contribution in [0.15, 0.2) is 46.9 Å². The molecule has 0 radical (unpaired) electrons. The van der Waals surface area contributed by atoms with E-state index >= 15 is 0 Å². The third kappa shape index (κ3) is 4.88. The second kappa shape index (κ2) is 7.99. The number of halogens is 1. The minimum atomic E-state index is -0.00409. The smallest absolute Gasteiger partial charge is 0.224 e. The Kier molecular flexibility index (Phi) is 6.01. The molecule has 0 unspecified atom stereocenters. The lowest BCUT2D eigenvalue weighted by Gasteiger charge is -2.10. The second-order valence-corrected chi connectivity index (χ2v) is 6.07. The largest absolute Gasteiger partial charge is 0.492 e. The molecule has 116 valence electrons. The van der Waals surface area contributed by atoms with E-state index in [0.29, 0.717) is 19.6 Å². The quantitative estimate of drug-likeness (QED) is 0.794. The Morgan fingerprint density at radius 3 is 2.64 bits per heavy atom. The van der Waals surface area contributed by atoms with Crippen molar-refractivity contribution in [3.63, 3.8) is 0 Å². The molecule has 0 fully saturated rings. The van der Waals surface area contributed by atoms with E-state index in [1.54, 1.807) is 0 Å². The van der Waals surface area contributed by atoms with Gasteiger partial charge in [0.15, 0.2) is 0 Å². The van der Waals surface area contributed by atoms with Gasteiger partial charge in [0.25, 0.3) is 0 Å². The number of amides is 1. The van der Waals surface area contributed by atoms with Crippen LogP contribution in [0.3, 0.4) is 0 Å². The van der Waals surface area contributed by atoms with Gasteiger partial charge in [0, 0.05) is 4.47 Å². The van der Waals surface area contributed by atoms with Crippen molar-refractivity contribution >= 4 is 21.8 Å². The maximum atomic E-state index is 11.9. The zero-order chi connectivity index (χ0) is 15.9. The lowest BCUT2D eigenvalue weighted by atomic mass is 10.1. The predicted octanol–water partition coefficient (Wildman–Crippen LogP) is 3.80. The highest BCUT2D eigenvalue weighted by Crippen LogP contribution is 2.17. The van der Waals surface area contributed by atoms with E-state index in [4.69, 9.17) is 4.74 Å². The van der Waals surface area contributed by atoms with E-state index < -0.39 is 0 Å². The molecule has 0 heterocycles. The van der Waals surface area contributed by atoms with Gasteiger partial charge in [-0.05, 0) is 48.7 Å². The first kappa shape index (κ1) is 16.6. The Labute approximate surface area is 139 Å². The van der Waals surface area contributed by atoms with Crippen LogP contribution in [0.4, 0.5) is 0 Å². The van der Waals surface area contributed by atoms with Crippen LogP contribution in [-0.4, -0.2) is 19.1 Å². The van der Waals surface area contributed by atoms with Crippen molar-refractivity contribution in [3.8, 4) is 5.75 Å². The second-order valence-electron chi connectivity index (χ2n) is 5.21. The molecule has 0 aliphatic heterocycles. The van der Waals surface area contributed by atoms with Gasteiger partial charge in [-0.3, -0.25) is 4.79 Å². The average Bonchev–Trinajstić information content (AvgIpc) is 2.49. The average molecular weight is 362 g/mol. The highest BCUT2D eigenvalue weighted by atomic mass is 79.9. The van der Waals surface area contributed by atoms with Crippen LogP contribution < -0.4 is 10.1 Å². The predicted molar refractivity (Wildman–Crippen MR) is 92.3 cm³/mol. The molecule has 1 N–H and O–H groups in total. The molecule has 2 rings (SSSR count). The van der Waals surface area contributed by atoms with Gasteiger partial charge < -0.3 is 10.1 Å². The van der Waals surface area contributed by atoms with E-state index in [1.807, 2.05) is 42.5 Å². The summed E-state index contributed by atoms with van der Waals surface area (Å²) in [6.45, 7) is 5.09. The van der Waals surface area contributed by atoms with E-state index in [1.165, 1.54) is 11.1 Å². The maximum Gasteiger partial charge on any atom is 0.224 e. The number of rotatable bonds is 6. The number of benzene rings is 2. The highest BCUT2D eigenvalue weighted by molar-refractivity contribution is 9.10. The zero-order valence-electron chi connectivity index (χ0n) is 12.9. The number of hydrogen-bond donors (Lipinski definition) is 1. The van der Waals surface area contributed by atoms with Gasteiger partial charge in [0.2, 0.25) is 5.91 Å². The monoisotopic (exact) mass is 361 g/mol. The number of carbonyl (C=O) groups excluding carboxylic acids is 1. The summed E-state index contributed by atoms with van der Waals surface area (Å²) < 4.78 is 6.60. The molecule has 0 saturated heterocycles. The van der Waals surface area contributed by atoms with Crippen LogP contribution in [0.1, 0.15) is 16.7 Å². The Morgan fingerprint density at radius 2 is 1.91 bits per heavy atom. The summed E-state index contributed by atoms with van der Waals surface area (Å²) in [5, 5.41) is 2.87. The third-order valence-electron chi connectivity index (χ3n) is 3.48. The van der Waals surface area contributed by atoms with Gasteiger partial charge in [-0.1, -0.05) is 40.2 Å². The van der Waals surface area contributed by atoms with Crippen molar-refractivity contribution in [2.45, 2.75) is 20.3 Å². The van der Waals surface area contributed by atoms with Gasteiger partial charge >= 0.3 is 0 Å². The first-order valence-corrected chi connectivity index (χ1v) is 8.05. The van der Waals surface area contributed by atoms with Crippen LogP contribution in [0.2, 0.25) is 0 Å². The van der Waals surface area contributed by atoms with Crippen molar-refractivity contribution in [2.75, 3.05) is 13.2 Å². The molecule has 0 atom stereocenters.